The maximum absolute atomic E-state index is 12.8. The zero-order chi connectivity index (χ0) is 14.3. The zero-order valence-corrected chi connectivity index (χ0v) is 11.6. The van der Waals surface area contributed by atoms with E-state index in [1.165, 1.54) is 12.5 Å². The van der Waals surface area contributed by atoms with E-state index in [-0.39, 0.29) is 5.15 Å². The lowest BCUT2D eigenvalue weighted by Gasteiger charge is -2.32. The van der Waals surface area contributed by atoms with Crippen LogP contribution in [0.15, 0.2) is 6.07 Å². The molecule has 3 rings (SSSR count). The number of anilines is 1. The van der Waals surface area contributed by atoms with Crippen molar-refractivity contribution in [2.45, 2.75) is 44.3 Å². The lowest BCUT2D eigenvalue weighted by molar-refractivity contribution is -0.144. The summed E-state index contributed by atoms with van der Waals surface area (Å²) in [6, 6.07) is 1.74. The van der Waals surface area contributed by atoms with Crippen LogP contribution in [-0.4, -0.2) is 22.6 Å². The van der Waals surface area contributed by atoms with E-state index in [0.717, 1.165) is 32.2 Å². The smallest absolute Gasteiger partial charge is 0.353 e. The molecule has 2 atom stereocenters. The van der Waals surface area contributed by atoms with Crippen LogP contribution in [-0.2, 0) is 6.18 Å². The normalized spacial score (nSPS) is 26.7. The van der Waals surface area contributed by atoms with Gasteiger partial charge in [-0.05, 0) is 25.2 Å². The number of nitrogens with zero attached hydrogens (tertiary/aromatic N) is 3. The van der Waals surface area contributed by atoms with E-state index in [4.69, 9.17) is 11.6 Å². The first-order valence-corrected chi connectivity index (χ1v) is 7.21. The van der Waals surface area contributed by atoms with Gasteiger partial charge in [-0.2, -0.15) is 13.2 Å². The topological polar surface area (TPSA) is 29.0 Å². The van der Waals surface area contributed by atoms with E-state index in [1.807, 2.05) is 4.90 Å². The third-order valence-corrected chi connectivity index (χ3v) is 4.43. The molecule has 0 bridgehead atoms. The predicted octanol–water partition coefficient (Wildman–Crippen LogP) is 3.92. The van der Waals surface area contributed by atoms with Crippen molar-refractivity contribution in [2.24, 2.45) is 5.92 Å². The van der Waals surface area contributed by atoms with Crippen molar-refractivity contribution < 1.29 is 13.2 Å². The van der Waals surface area contributed by atoms with Crippen LogP contribution >= 0.6 is 11.6 Å². The van der Waals surface area contributed by atoms with Crippen molar-refractivity contribution in [3.63, 3.8) is 0 Å². The minimum Gasteiger partial charge on any atom is -0.353 e. The Kier molecular flexibility index (Phi) is 3.52. The summed E-state index contributed by atoms with van der Waals surface area (Å²) >= 11 is 5.73. The van der Waals surface area contributed by atoms with Gasteiger partial charge < -0.3 is 4.90 Å². The van der Waals surface area contributed by atoms with Crippen LogP contribution in [0.2, 0.25) is 5.15 Å². The van der Waals surface area contributed by atoms with Gasteiger partial charge in [0.1, 0.15) is 11.0 Å². The second-order valence-electron chi connectivity index (χ2n) is 5.46. The van der Waals surface area contributed by atoms with Gasteiger partial charge in [0, 0.05) is 18.7 Å². The van der Waals surface area contributed by atoms with Gasteiger partial charge in [-0.1, -0.05) is 24.4 Å². The minimum atomic E-state index is -4.56. The van der Waals surface area contributed by atoms with Crippen LogP contribution in [0.25, 0.3) is 0 Å². The Morgan fingerprint density at radius 3 is 2.65 bits per heavy atom. The van der Waals surface area contributed by atoms with Crippen LogP contribution in [0.4, 0.5) is 19.0 Å². The largest absolute Gasteiger partial charge is 0.451 e. The van der Waals surface area contributed by atoms with Gasteiger partial charge in [-0.25, -0.2) is 9.97 Å². The molecule has 110 valence electrons. The van der Waals surface area contributed by atoms with E-state index in [0.29, 0.717) is 17.8 Å². The fourth-order valence-electron chi connectivity index (χ4n) is 3.37. The number of hydrogen-bond donors (Lipinski definition) is 0. The van der Waals surface area contributed by atoms with Crippen molar-refractivity contribution in [1.82, 2.24) is 9.97 Å². The van der Waals surface area contributed by atoms with Crippen molar-refractivity contribution in [2.75, 3.05) is 11.4 Å². The third-order valence-electron chi connectivity index (χ3n) is 4.24. The predicted molar refractivity (Wildman–Crippen MR) is 69.8 cm³/mol. The number of alkyl halides is 3. The summed E-state index contributed by atoms with van der Waals surface area (Å²) in [6.07, 6.45) is 0.981. The highest BCUT2D eigenvalue weighted by Crippen LogP contribution is 2.39. The number of fused-ring (bicyclic) bond motifs is 1. The molecule has 0 spiro atoms. The van der Waals surface area contributed by atoms with Crippen molar-refractivity contribution >= 4 is 17.4 Å². The van der Waals surface area contributed by atoms with E-state index in [1.54, 1.807) is 0 Å². The van der Waals surface area contributed by atoms with Crippen LogP contribution in [0.5, 0.6) is 0 Å². The Morgan fingerprint density at radius 1 is 1.15 bits per heavy atom. The molecule has 1 aromatic rings. The Labute approximate surface area is 120 Å². The van der Waals surface area contributed by atoms with Crippen LogP contribution in [0.3, 0.4) is 0 Å². The highest BCUT2D eigenvalue weighted by molar-refractivity contribution is 6.29. The molecular weight excluding hydrogens is 291 g/mol. The zero-order valence-electron chi connectivity index (χ0n) is 10.8. The number of rotatable bonds is 1. The van der Waals surface area contributed by atoms with Gasteiger partial charge in [0.25, 0.3) is 0 Å². The van der Waals surface area contributed by atoms with Gasteiger partial charge in [0.05, 0.1) is 0 Å². The maximum Gasteiger partial charge on any atom is 0.451 e. The Bertz CT molecular complexity index is 506. The molecule has 0 N–H and O–H groups in total. The molecule has 1 aromatic heterocycles. The molecule has 1 saturated heterocycles. The molecule has 1 aliphatic carbocycles. The first kappa shape index (κ1) is 13.9. The molecule has 2 fully saturated rings. The monoisotopic (exact) mass is 305 g/mol. The third kappa shape index (κ3) is 2.57. The summed E-state index contributed by atoms with van der Waals surface area (Å²) in [4.78, 5) is 8.95. The number of aromatic nitrogens is 2. The molecule has 3 nitrogen and oxygen atoms in total. The van der Waals surface area contributed by atoms with Gasteiger partial charge >= 0.3 is 6.18 Å². The van der Waals surface area contributed by atoms with Crippen molar-refractivity contribution in [1.29, 1.82) is 0 Å². The number of halogens is 4. The minimum absolute atomic E-state index is 0.151. The Morgan fingerprint density at radius 2 is 1.90 bits per heavy atom. The highest BCUT2D eigenvalue weighted by Gasteiger charge is 2.39. The van der Waals surface area contributed by atoms with Gasteiger partial charge in [0.15, 0.2) is 0 Å². The van der Waals surface area contributed by atoms with E-state index >= 15 is 0 Å². The summed E-state index contributed by atoms with van der Waals surface area (Å²) in [6.45, 7) is 0.750. The summed E-state index contributed by atoms with van der Waals surface area (Å²) in [7, 11) is 0. The quantitative estimate of drug-likeness (QED) is 0.736. The molecule has 0 aromatic carbocycles. The lowest BCUT2D eigenvalue weighted by Crippen LogP contribution is -2.35. The fourth-order valence-corrected chi connectivity index (χ4v) is 3.55. The maximum atomic E-state index is 12.8. The Balaban J connectivity index is 1.92. The van der Waals surface area contributed by atoms with Crippen LogP contribution < -0.4 is 4.90 Å². The molecule has 0 amide bonds. The average Bonchev–Trinajstić information content (AvgIpc) is 2.80. The van der Waals surface area contributed by atoms with Crippen molar-refractivity contribution in [3.8, 4) is 0 Å². The van der Waals surface area contributed by atoms with E-state index < -0.39 is 12.0 Å². The lowest BCUT2D eigenvalue weighted by atomic mass is 9.85. The molecule has 2 unspecified atom stereocenters. The molecule has 2 heterocycles. The molecule has 7 heteroatoms. The summed E-state index contributed by atoms with van der Waals surface area (Å²) in [5, 5.41) is -0.151. The molecule has 0 radical (unpaired) electrons. The van der Waals surface area contributed by atoms with Crippen LogP contribution in [0, 0.1) is 5.92 Å². The van der Waals surface area contributed by atoms with Gasteiger partial charge in [-0.15, -0.1) is 0 Å². The SMILES string of the molecule is FC(F)(F)c1nc(Cl)cc(N2CCC3CCCCC32)n1. The molecule has 1 saturated carbocycles. The first-order valence-electron chi connectivity index (χ1n) is 6.83. The molecule has 20 heavy (non-hydrogen) atoms. The fraction of sp³-hybridized carbons (Fsp3) is 0.692. The van der Waals surface area contributed by atoms with Gasteiger partial charge in [0.2, 0.25) is 5.82 Å². The molecule has 1 aliphatic heterocycles. The average molecular weight is 306 g/mol. The van der Waals surface area contributed by atoms with Crippen molar-refractivity contribution in [3.05, 3.63) is 17.0 Å². The van der Waals surface area contributed by atoms with E-state index in [2.05, 4.69) is 9.97 Å². The Hall–Kier alpha value is -1.04. The second-order valence-corrected chi connectivity index (χ2v) is 5.85. The first-order chi connectivity index (χ1) is 9.45. The van der Waals surface area contributed by atoms with E-state index in [9.17, 15) is 13.2 Å². The van der Waals surface area contributed by atoms with Gasteiger partial charge in [-0.3, -0.25) is 0 Å². The summed E-state index contributed by atoms with van der Waals surface area (Å²) in [5.41, 5.74) is 0. The number of hydrogen-bond acceptors (Lipinski definition) is 3. The highest BCUT2D eigenvalue weighted by atomic mass is 35.5. The van der Waals surface area contributed by atoms with Crippen LogP contribution in [0.1, 0.15) is 37.9 Å². The summed E-state index contributed by atoms with van der Waals surface area (Å²) < 4.78 is 38.3. The summed E-state index contributed by atoms with van der Waals surface area (Å²) in [5.74, 6) is -0.266. The standard InChI is InChI=1S/C13H15ClF3N3/c14-10-7-11(19-12(18-10)13(15,16)17)20-6-5-8-3-1-2-4-9(8)20/h7-9H,1-6H2. The molecular formula is C13H15ClF3N3. The molecule has 2 aliphatic rings. The second kappa shape index (κ2) is 5.06.